The van der Waals surface area contributed by atoms with Crippen molar-refractivity contribution in [2.45, 2.75) is 32.0 Å². The van der Waals surface area contributed by atoms with E-state index in [1.807, 2.05) is 30.3 Å². The molecule has 2 aromatic carbocycles. The summed E-state index contributed by atoms with van der Waals surface area (Å²) in [5, 5.41) is 15.2. The Morgan fingerprint density at radius 3 is 2.46 bits per heavy atom. The number of aliphatic hydroxyl groups is 1. The Hall–Kier alpha value is -2.43. The quantitative estimate of drug-likeness (QED) is 0.743. The van der Waals surface area contributed by atoms with Gasteiger partial charge < -0.3 is 5.11 Å². The lowest BCUT2D eigenvalue weighted by molar-refractivity contribution is 0.204. The second-order valence-corrected chi connectivity index (χ2v) is 6.96. The van der Waals surface area contributed by atoms with Crippen molar-refractivity contribution in [3.05, 3.63) is 89.2 Å². The van der Waals surface area contributed by atoms with Gasteiger partial charge in [0.05, 0.1) is 17.9 Å². The van der Waals surface area contributed by atoms with Crippen molar-refractivity contribution in [3.8, 4) is 0 Å². The van der Waals surface area contributed by atoms with Gasteiger partial charge in [-0.05, 0) is 36.6 Å². The third-order valence-electron chi connectivity index (χ3n) is 5.07. The lowest BCUT2D eigenvalue weighted by Crippen LogP contribution is -2.34. The molecular formula is C22H25N3O. The number of aryl methyl sites for hydroxylation is 1. The number of hydrogen-bond acceptors (Lipinski definition) is 3. The van der Waals surface area contributed by atoms with Crippen LogP contribution in [0.2, 0.25) is 0 Å². The van der Waals surface area contributed by atoms with Crippen LogP contribution in [0, 0.1) is 0 Å². The van der Waals surface area contributed by atoms with Crippen LogP contribution in [0.1, 0.15) is 35.0 Å². The molecule has 4 rings (SSSR count). The summed E-state index contributed by atoms with van der Waals surface area (Å²) >= 11 is 0. The largest absolute Gasteiger partial charge is 0.382 e. The second-order valence-electron chi connectivity index (χ2n) is 6.96. The molecule has 1 atom stereocenters. The van der Waals surface area contributed by atoms with Crippen LogP contribution < -0.4 is 0 Å². The highest BCUT2D eigenvalue weighted by Gasteiger charge is 2.21. The molecule has 0 saturated carbocycles. The van der Waals surface area contributed by atoms with Crippen molar-refractivity contribution in [1.29, 1.82) is 0 Å². The predicted molar refractivity (Wildman–Crippen MR) is 103 cm³/mol. The van der Waals surface area contributed by atoms with Crippen LogP contribution in [0.15, 0.2) is 66.7 Å². The van der Waals surface area contributed by atoms with Gasteiger partial charge in [0.1, 0.15) is 6.10 Å². The fourth-order valence-corrected chi connectivity index (χ4v) is 3.62. The van der Waals surface area contributed by atoms with Crippen LogP contribution in [0.4, 0.5) is 0 Å². The van der Waals surface area contributed by atoms with Crippen LogP contribution in [0.5, 0.6) is 0 Å². The Morgan fingerprint density at radius 2 is 1.69 bits per heavy atom. The Morgan fingerprint density at radius 1 is 0.962 bits per heavy atom. The number of rotatable bonds is 6. The van der Waals surface area contributed by atoms with Crippen LogP contribution in [-0.4, -0.2) is 32.9 Å². The Labute approximate surface area is 154 Å². The van der Waals surface area contributed by atoms with Crippen LogP contribution in [-0.2, 0) is 19.5 Å². The molecule has 1 aliphatic rings. The molecule has 4 heteroatoms. The number of hydrogen-bond donors (Lipinski definition) is 1. The molecule has 0 spiro atoms. The maximum Gasteiger partial charge on any atom is 0.123 e. The minimum atomic E-state index is -0.652. The average molecular weight is 347 g/mol. The lowest BCUT2D eigenvalue weighted by Gasteiger charge is -2.27. The van der Waals surface area contributed by atoms with Gasteiger partial charge in [-0.1, -0.05) is 60.7 Å². The van der Waals surface area contributed by atoms with Crippen LogP contribution in [0.3, 0.4) is 0 Å². The molecule has 26 heavy (non-hydrogen) atoms. The summed E-state index contributed by atoms with van der Waals surface area (Å²) in [5.74, 6) is 0. The van der Waals surface area contributed by atoms with E-state index in [-0.39, 0.29) is 0 Å². The summed E-state index contributed by atoms with van der Waals surface area (Å²) in [6.45, 7) is 3.91. The van der Waals surface area contributed by atoms with Gasteiger partial charge in [0, 0.05) is 13.1 Å². The first kappa shape index (κ1) is 17.0. The molecule has 1 N–H and O–H groups in total. The maximum atomic E-state index is 10.6. The van der Waals surface area contributed by atoms with E-state index < -0.39 is 6.10 Å². The van der Waals surface area contributed by atoms with Crippen LogP contribution in [0.25, 0.3) is 0 Å². The van der Waals surface area contributed by atoms with Gasteiger partial charge in [0.25, 0.3) is 0 Å². The molecule has 1 aliphatic heterocycles. The Balaban J connectivity index is 1.36. The molecule has 4 nitrogen and oxygen atoms in total. The monoisotopic (exact) mass is 347 g/mol. The molecule has 0 fully saturated rings. The minimum Gasteiger partial charge on any atom is -0.382 e. The van der Waals surface area contributed by atoms with Crippen molar-refractivity contribution < 1.29 is 5.11 Å². The molecule has 1 aromatic heterocycles. The topological polar surface area (TPSA) is 41.3 Å². The molecule has 0 bridgehead atoms. The zero-order chi connectivity index (χ0) is 17.8. The molecule has 0 aliphatic carbocycles. The SMILES string of the molecule is OC(c1ccccc1)c1cc2n(n1)CCN(CCCc1ccccc1)C2. The molecule has 1 unspecified atom stereocenters. The minimum absolute atomic E-state index is 0.652. The smallest absolute Gasteiger partial charge is 0.123 e. The molecular weight excluding hydrogens is 322 g/mol. The first-order valence-electron chi connectivity index (χ1n) is 9.35. The van der Waals surface area contributed by atoms with Gasteiger partial charge >= 0.3 is 0 Å². The van der Waals surface area contributed by atoms with Gasteiger partial charge in [0.15, 0.2) is 0 Å². The molecule has 0 amide bonds. The van der Waals surface area contributed by atoms with Crippen molar-refractivity contribution >= 4 is 0 Å². The first-order chi connectivity index (χ1) is 12.8. The predicted octanol–water partition coefficient (Wildman–Crippen LogP) is 3.41. The van der Waals surface area contributed by atoms with E-state index in [9.17, 15) is 5.11 Å². The fourth-order valence-electron chi connectivity index (χ4n) is 3.62. The van der Waals surface area contributed by atoms with E-state index in [2.05, 4.69) is 51.1 Å². The Kier molecular flexibility index (Phi) is 5.14. The molecule has 0 radical (unpaired) electrons. The van der Waals surface area contributed by atoms with Gasteiger partial charge in [-0.3, -0.25) is 9.58 Å². The summed E-state index contributed by atoms with van der Waals surface area (Å²) < 4.78 is 2.05. The highest BCUT2D eigenvalue weighted by molar-refractivity contribution is 5.27. The van der Waals surface area contributed by atoms with Crippen molar-refractivity contribution in [3.63, 3.8) is 0 Å². The molecule has 0 saturated heterocycles. The van der Waals surface area contributed by atoms with Crippen molar-refractivity contribution in [1.82, 2.24) is 14.7 Å². The molecule has 134 valence electrons. The maximum absolute atomic E-state index is 10.6. The van der Waals surface area contributed by atoms with Gasteiger partial charge in [-0.15, -0.1) is 0 Å². The van der Waals surface area contributed by atoms with Gasteiger partial charge in [-0.2, -0.15) is 5.10 Å². The van der Waals surface area contributed by atoms with E-state index in [4.69, 9.17) is 0 Å². The molecule has 2 heterocycles. The highest BCUT2D eigenvalue weighted by atomic mass is 16.3. The number of aliphatic hydroxyl groups excluding tert-OH is 1. The standard InChI is InChI=1S/C22H25N3O/c26-22(19-11-5-2-6-12-19)21-16-20-17-24(14-15-25(20)23-21)13-7-10-18-8-3-1-4-9-18/h1-6,8-9,11-12,16,22,26H,7,10,13-15,17H2. The van der Waals surface area contributed by atoms with Crippen molar-refractivity contribution in [2.75, 3.05) is 13.1 Å². The number of nitrogens with zero attached hydrogens (tertiary/aromatic N) is 3. The van der Waals surface area contributed by atoms with Crippen molar-refractivity contribution in [2.24, 2.45) is 0 Å². The lowest BCUT2D eigenvalue weighted by atomic mass is 10.1. The number of fused-ring (bicyclic) bond motifs is 1. The number of benzene rings is 2. The van der Waals surface area contributed by atoms with E-state index >= 15 is 0 Å². The Bertz CT molecular complexity index is 829. The zero-order valence-electron chi connectivity index (χ0n) is 15.0. The van der Waals surface area contributed by atoms with E-state index in [0.717, 1.165) is 50.3 Å². The third-order valence-corrected chi connectivity index (χ3v) is 5.07. The summed E-state index contributed by atoms with van der Waals surface area (Å²) in [4.78, 5) is 2.48. The van der Waals surface area contributed by atoms with E-state index in [1.54, 1.807) is 0 Å². The third kappa shape index (κ3) is 3.87. The first-order valence-corrected chi connectivity index (χ1v) is 9.35. The average Bonchev–Trinajstić information content (AvgIpc) is 3.12. The normalized spacial score (nSPS) is 15.6. The van der Waals surface area contributed by atoms with E-state index in [0.29, 0.717) is 0 Å². The number of aromatic nitrogens is 2. The second kappa shape index (κ2) is 7.85. The zero-order valence-corrected chi connectivity index (χ0v) is 15.0. The van der Waals surface area contributed by atoms with E-state index in [1.165, 1.54) is 11.3 Å². The molecule has 3 aromatic rings. The summed E-state index contributed by atoms with van der Waals surface area (Å²) in [7, 11) is 0. The highest BCUT2D eigenvalue weighted by Crippen LogP contribution is 2.23. The van der Waals surface area contributed by atoms with Gasteiger partial charge in [0.2, 0.25) is 0 Å². The van der Waals surface area contributed by atoms with Crippen LogP contribution >= 0.6 is 0 Å². The van der Waals surface area contributed by atoms with Gasteiger partial charge in [-0.25, -0.2) is 0 Å². The summed E-state index contributed by atoms with van der Waals surface area (Å²) in [5.41, 5.74) is 4.24. The summed E-state index contributed by atoms with van der Waals surface area (Å²) in [6, 6.07) is 22.5. The summed E-state index contributed by atoms with van der Waals surface area (Å²) in [6.07, 6.45) is 1.63. The fraction of sp³-hybridized carbons (Fsp3) is 0.318.